The zero-order valence-corrected chi connectivity index (χ0v) is 21.6. The van der Waals surface area contributed by atoms with Gasteiger partial charge in [-0.05, 0) is 55.7 Å². The number of amides is 4. The van der Waals surface area contributed by atoms with Crippen LogP contribution in [-0.4, -0.2) is 59.1 Å². The first-order valence-corrected chi connectivity index (χ1v) is 12.8. The molecule has 1 spiro atoms. The molecule has 2 aromatic carbocycles. The molecule has 212 valence electrons. The summed E-state index contributed by atoms with van der Waals surface area (Å²) in [5, 5.41) is 15.7. The van der Waals surface area contributed by atoms with Gasteiger partial charge in [-0.25, -0.2) is 22.8 Å². The molecule has 0 aromatic heterocycles. The van der Waals surface area contributed by atoms with Gasteiger partial charge in [0.1, 0.15) is 6.04 Å². The van der Waals surface area contributed by atoms with Gasteiger partial charge in [0.2, 0.25) is 5.91 Å². The fourth-order valence-electron chi connectivity index (χ4n) is 5.28. The molecule has 5 rings (SSSR count). The molecular weight excluding hydrogens is 557 g/mol. The molecule has 4 N–H and O–H groups in total. The third-order valence-corrected chi connectivity index (χ3v) is 7.61. The van der Waals surface area contributed by atoms with Crippen molar-refractivity contribution in [1.82, 2.24) is 10.2 Å². The number of carboxylic acid groups (broad SMARTS) is 1. The summed E-state index contributed by atoms with van der Waals surface area (Å²) in [6.45, 7) is -0.113. The fraction of sp³-hybridized carbons (Fsp3) is 0.385. The molecule has 0 bridgehead atoms. The number of alkyl halides is 2. The second-order valence-electron chi connectivity index (χ2n) is 10.1. The number of fused-ring (bicyclic) bond motifs is 2. The maximum Gasteiger partial charge on any atom is 0.412 e. The Morgan fingerprint density at radius 1 is 1.20 bits per heavy atom. The summed E-state index contributed by atoms with van der Waals surface area (Å²) in [6, 6.07) is 6.69. The number of nitrogens with zero attached hydrogens (tertiary/aromatic N) is 1. The average Bonchev–Trinajstić information content (AvgIpc) is 3.50. The number of anilines is 2. The number of halogens is 4. The van der Waals surface area contributed by atoms with Crippen molar-refractivity contribution < 1.29 is 42.2 Å². The van der Waals surface area contributed by atoms with Crippen molar-refractivity contribution in [3.05, 3.63) is 58.4 Å². The number of carbonyl (C=O) groups is 4. The van der Waals surface area contributed by atoms with Crippen LogP contribution in [0.4, 0.5) is 34.1 Å². The first kappa shape index (κ1) is 27.6. The minimum atomic E-state index is -2.96. The lowest BCUT2D eigenvalue weighted by atomic mass is 9.82. The van der Waals surface area contributed by atoms with Gasteiger partial charge < -0.3 is 20.1 Å². The predicted octanol–water partition coefficient (Wildman–Crippen LogP) is 4.79. The highest BCUT2D eigenvalue weighted by molar-refractivity contribution is 6.31. The summed E-state index contributed by atoms with van der Waals surface area (Å²) in [4.78, 5) is 51.1. The van der Waals surface area contributed by atoms with Crippen LogP contribution in [0.3, 0.4) is 0 Å². The van der Waals surface area contributed by atoms with Gasteiger partial charge in [0.05, 0.1) is 22.8 Å². The van der Waals surface area contributed by atoms with Gasteiger partial charge in [-0.3, -0.25) is 20.2 Å². The molecule has 2 unspecified atom stereocenters. The second kappa shape index (κ2) is 10.2. The van der Waals surface area contributed by atoms with Gasteiger partial charge in [-0.1, -0.05) is 11.6 Å². The van der Waals surface area contributed by atoms with E-state index in [0.29, 0.717) is 6.42 Å². The molecule has 1 saturated carbocycles. The van der Waals surface area contributed by atoms with E-state index in [-0.39, 0.29) is 53.5 Å². The lowest BCUT2D eigenvalue weighted by molar-refractivity contribution is -0.141. The number of piperidine rings is 1. The second-order valence-corrected chi connectivity index (χ2v) is 10.5. The van der Waals surface area contributed by atoms with Crippen molar-refractivity contribution in [2.45, 2.75) is 43.2 Å². The van der Waals surface area contributed by atoms with Gasteiger partial charge in [-0.2, -0.15) is 0 Å². The van der Waals surface area contributed by atoms with Crippen LogP contribution in [0.15, 0.2) is 36.4 Å². The number of rotatable bonds is 6. The third-order valence-electron chi connectivity index (χ3n) is 7.32. The maximum atomic E-state index is 15.2. The number of carbonyl (C=O) groups excluding carboxylic acids is 3. The monoisotopic (exact) mass is 580 g/mol. The zero-order chi connectivity index (χ0) is 28.8. The molecular formula is C26H24ClF3N4O6. The van der Waals surface area contributed by atoms with Gasteiger partial charge >= 0.3 is 12.2 Å². The van der Waals surface area contributed by atoms with Crippen molar-refractivity contribution in [3.8, 4) is 0 Å². The zero-order valence-electron chi connectivity index (χ0n) is 20.8. The van der Waals surface area contributed by atoms with E-state index in [0.717, 1.165) is 0 Å². The summed E-state index contributed by atoms with van der Waals surface area (Å²) in [5.41, 5.74) is -1.15. The normalized spacial score (nSPS) is 23.4. The highest BCUT2D eigenvalue weighted by Gasteiger charge is 2.58. The number of hydrogen-bond acceptors (Lipinski definition) is 5. The van der Waals surface area contributed by atoms with Gasteiger partial charge in [0.25, 0.3) is 11.8 Å². The fourth-order valence-corrected chi connectivity index (χ4v) is 5.44. The number of nitrogens with one attached hydrogen (secondary N) is 3. The van der Waals surface area contributed by atoms with E-state index in [1.54, 1.807) is 0 Å². The van der Waals surface area contributed by atoms with Crippen LogP contribution in [0, 0.1) is 11.7 Å². The summed E-state index contributed by atoms with van der Waals surface area (Å²) in [6.07, 6.45) is -2.42. The SMILES string of the molecule is O=C(O)Nc1ccc(C(=O)N[C@@H](CC2CC2(F)F)C(=O)N2CCCC3(C2)OC(=O)Nc2ccc(Cl)c(F)c23)cc1. The van der Waals surface area contributed by atoms with E-state index in [4.69, 9.17) is 21.4 Å². The van der Waals surface area contributed by atoms with Crippen molar-refractivity contribution in [3.63, 3.8) is 0 Å². The molecule has 2 aliphatic heterocycles. The van der Waals surface area contributed by atoms with Gasteiger partial charge in [0.15, 0.2) is 11.4 Å². The van der Waals surface area contributed by atoms with Crippen LogP contribution >= 0.6 is 11.6 Å². The summed E-state index contributed by atoms with van der Waals surface area (Å²) in [5.74, 6) is -6.29. The van der Waals surface area contributed by atoms with Crippen LogP contribution in [-0.2, 0) is 15.1 Å². The number of ether oxygens (including phenoxy) is 1. The van der Waals surface area contributed by atoms with E-state index >= 15 is 4.39 Å². The summed E-state index contributed by atoms with van der Waals surface area (Å²) >= 11 is 6.00. The van der Waals surface area contributed by atoms with Crippen molar-refractivity contribution in [2.75, 3.05) is 23.7 Å². The number of likely N-dealkylation sites (tertiary alicyclic amines) is 1. The van der Waals surface area contributed by atoms with Crippen molar-refractivity contribution in [2.24, 2.45) is 5.92 Å². The summed E-state index contributed by atoms with van der Waals surface area (Å²) in [7, 11) is 0. The first-order valence-electron chi connectivity index (χ1n) is 12.4. The Hall–Kier alpha value is -4.00. The van der Waals surface area contributed by atoms with E-state index in [9.17, 15) is 28.0 Å². The quantitative estimate of drug-likeness (QED) is 0.388. The Morgan fingerprint density at radius 3 is 2.55 bits per heavy atom. The molecule has 10 nitrogen and oxygen atoms in total. The average molecular weight is 581 g/mol. The van der Waals surface area contributed by atoms with E-state index in [2.05, 4.69) is 16.0 Å². The minimum absolute atomic E-state index is 0.0125. The maximum absolute atomic E-state index is 15.2. The van der Waals surface area contributed by atoms with Crippen LogP contribution in [0.2, 0.25) is 5.02 Å². The highest BCUT2D eigenvalue weighted by atomic mass is 35.5. The highest BCUT2D eigenvalue weighted by Crippen LogP contribution is 2.51. The largest absolute Gasteiger partial charge is 0.465 e. The lowest BCUT2D eigenvalue weighted by Gasteiger charge is -2.45. The number of hydrogen-bond donors (Lipinski definition) is 4. The smallest absolute Gasteiger partial charge is 0.412 e. The third kappa shape index (κ3) is 5.37. The Morgan fingerprint density at radius 2 is 1.90 bits per heavy atom. The molecule has 14 heteroatoms. The molecule has 2 heterocycles. The molecule has 40 heavy (non-hydrogen) atoms. The number of benzene rings is 2. The van der Waals surface area contributed by atoms with Crippen molar-refractivity contribution in [1.29, 1.82) is 0 Å². The molecule has 4 amide bonds. The Kier molecular flexibility index (Phi) is 7.02. The Labute approximate surface area is 230 Å². The van der Waals surface area contributed by atoms with Crippen molar-refractivity contribution >= 4 is 47.0 Å². The van der Waals surface area contributed by atoms with E-state index in [1.807, 2.05) is 0 Å². The van der Waals surface area contributed by atoms with E-state index in [1.165, 1.54) is 41.3 Å². The Bertz CT molecular complexity index is 1390. The molecule has 1 saturated heterocycles. The molecule has 3 aliphatic rings. The lowest BCUT2D eigenvalue weighted by Crippen LogP contribution is -2.57. The molecule has 0 radical (unpaired) electrons. The standard InChI is InChI=1S/C26H24ClF3N4O6/c27-16-6-7-17-19(20(16)28)25(40-24(39)33-17)8-1-9-34(12-25)22(36)18(10-14-11-26(14,29)30)32-21(35)13-2-4-15(5-3-13)31-23(37)38/h2-7,14,18,31H,1,8-12H2,(H,32,35)(H,33,39)(H,37,38)/t14?,18-,25?/m0/s1. The molecule has 2 aromatic rings. The van der Waals surface area contributed by atoms with Crippen LogP contribution < -0.4 is 16.0 Å². The predicted molar refractivity (Wildman–Crippen MR) is 136 cm³/mol. The first-order chi connectivity index (χ1) is 18.9. The topological polar surface area (TPSA) is 137 Å². The van der Waals surface area contributed by atoms with Crippen LogP contribution in [0.5, 0.6) is 0 Å². The van der Waals surface area contributed by atoms with E-state index < -0.39 is 59.7 Å². The van der Waals surface area contributed by atoms with Crippen LogP contribution in [0.1, 0.15) is 41.6 Å². The molecule has 2 fully saturated rings. The van der Waals surface area contributed by atoms with Gasteiger partial charge in [-0.15, -0.1) is 0 Å². The summed E-state index contributed by atoms with van der Waals surface area (Å²) < 4.78 is 48.4. The van der Waals surface area contributed by atoms with Crippen LogP contribution in [0.25, 0.3) is 0 Å². The molecule has 3 atom stereocenters. The minimum Gasteiger partial charge on any atom is -0.465 e. The Balaban J connectivity index is 1.39. The molecule has 1 aliphatic carbocycles. The van der Waals surface area contributed by atoms with Gasteiger partial charge in [0, 0.05) is 30.1 Å².